The zero-order valence-corrected chi connectivity index (χ0v) is 14.6. The molecule has 0 bridgehead atoms. The molecule has 1 unspecified atom stereocenters. The molecule has 0 aliphatic carbocycles. The number of likely N-dealkylation sites (tertiary alicyclic amines) is 1. The van der Waals surface area contributed by atoms with Crippen LogP contribution in [0.4, 0.5) is 0 Å². The predicted molar refractivity (Wildman–Crippen MR) is 93.3 cm³/mol. The van der Waals surface area contributed by atoms with Gasteiger partial charge >= 0.3 is 0 Å². The molecule has 24 heavy (non-hydrogen) atoms. The minimum atomic E-state index is 0.319. The smallest absolute Gasteiger partial charge is 0.193 e. The van der Waals surface area contributed by atoms with E-state index in [4.69, 9.17) is 13.9 Å². The van der Waals surface area contributed by atoms with Crippen LogP contribution < -0.4 is 5.32 Å². The van der Waals surface area contributed by atoms with Gasteiger partial charge in [-0.3, -0.25) is 4.99 Å². The number of furan rings is 1. The van der Waals surface area contributed by atoms with Crippen molar-refractivity contribution < 1.29 is 13.9 Å². The van der Waals surface area contributed by atoms with E-state index in [-0.39, 0.29) is 0 Å². The quantitative estimate of drug-likeness (QED) is 0.637. The van der Waals surface area contributed by atoms with Gasteiger partial charge in [-0.15, -0.1) is 0 Å². The number of nitrogens with one attached hydrogen (secondary N) is 1. The van der Waals surface area contributed by atoms with Gasteiger partial charge in [0.05, 0.1) is 25.1 Å². The lowest BCUT2D eigenvalue weighted by Crippen LogP contribution is -2.47. The number of rotatable bonds is 6. The Labute approximate surface area is 144 Å². The van der Waals surface area contributed by atoms with Gasteiger partial charge < -0.3 is 24.1 Å². The van der Waals surface area contributed by atoms with E-state index < -0.39 is 0 Å². The Morgan fingerprint density at radius 2 is 2.25 bits per heavy atom. The molecule has 1 atom stereocenters. The van der Waals surface area contributed by atoms with Crippen LogP contribution in [0.3, 0.4) is 0 Å². The van der Waals surface area contributed by atoms with E-state index in [0.29, 0.717) is 12.2 Å². The largest absolute Gasteiger partial charge is 0.469 e. The highest BCUT2D eigenvalue weighted by Gasteiger charge is 2.24. The van der Waals surface area contributed by atoms with Crippen LogP contribution in [-0.4, -0.2) is 63.0 Å². The van der Waals surface area contributed by atoms with E-state index in [2.05, 4.69) is 15.2 Å². The first-order valence-electron chi connectivity index (χ1n) is 9.06. The maximum absolute atomic E-state index is 6.03. The highest BCUT2D eigenvalue weighted by atomic mass is 16.5. The molecular formula is C18H29N3O3. The van der Waals surface area contributed by atoms with Crippen molar-refractivity contribution in [2.45, 2.75) is 44.3 Å². The average Bonchev–Trinajstić information content (AvgIpc) is 3.31. The third-order valence-corrected chi connectivity index (χ3v) is 4.73. The van der Waals surface area contributed by atoms with Gasteiger partial charge in [0.1, 0.15) is 5.76 Å². The molecule has 2 aliphatic heterocycles. The summed E-state index contributed by atoms with van der Waals surface area (Å²) in [5.41, 5.74) is 0. The second kappa shape index (κ2) is 9.08. The molecule has 2 aliphatic rings. The monoisotopic (exact) mass is 335 g/mol. The summed E-state index contributed by atoms with van der Waals surface area (Å²) in [6.07, 6.45) is 7.67. The lowest BCUT2D eigenvalue weighted by Gasteiger charge is -2.34. The zero-order valence-electron chi connectivity index (χ0n) is 14.6. The van der Waals surface area contributed by atoms with E-state index in [1.807, 2.05) is 19.2 Å². The van der Waals surface area contributed by atoms with Crippen LogP contribution in [0.5, 0.6) is 0 Å². The number of aliphatic imine (C=N–C) groups is 1. The normalized spacial score (nSPS) is 23.0. The van der Waals surface area contributed by atoms with E-state index in [1.165, 1.54) is 6.42 Å². The average molecular weight is 335 g/mol. The summed E-state index contributed by atoms with van der Waals surface area (Å²) in [5, 5.41) is 3.42. The molecule has 0 radical (unpaired) electrons. The molecule has 0 amide bonds. The van der Waals surface area contributed by atoms with Crippen LogP contribution >= 0.6 is 0 Å². The Morgan fingerprint density at radius 3 is 2.92 bits per heavy atom. The van der Waals surface area contributed by atoms with Crippen molar-refractivity contribution in [1.82, 2.24) is 10.2 Å². The maximum atomic E-state index is 6.03. The number of hydrogen-bond acceptors (Lipinski definition) is 4. The fourth-order valence-electron chi connectivity index (χ4n) is 3.34. The SMILES string of the molecule is CN=C(NCCc1ccco1)N1CCC(OCC2CCCO2)CC1. The Hall–Kier alpha value is -1.53. The molecule has 2 saturated heterocycles. The maximum Gasteiger partial charge on any atom is 0.193 e. The highest BCUT2D eigenvalue weighted by molar-refractivity contribution is 5.79. The number of ether oxygens (including phenoxy) is 2. The van der Waals surface area contributed by atoms with Crippen molar-refractivity contribution in [3.8, 4) is 0 Å². The Kier molecular flexibility index (Phi) is 6.55. The summed E-state index contributed by atoms with van der Waals surface area (Å²) >= 11 is 0. The van der Waals surface area contributed by atoms with Gasteiger partial charge in [-0.1, -0.05) is 0 Å². The number of hydrogen-bond donors (Lipinski definition) is 1. The van der Waals surface area contributed by atoms with Gasteiger partial charge in [0.2, 0.25) is 0 Å². The van der Waals surface area contributed by atoms with Crippen LogP contribution in [0.2, 0.25) is 0 Å². The minimum Gasteiger partial charge on any atom is -0.469 e. The van der Waals surface area contributed by atoms with E-state index in [0.717, 1.165) is 70.3 Å². The van der Waals surface area contributed by atoms with E-state index in [1.54, 1.807) is 6.26 Å². The van der Waals surface area contributed by atoms with Gasteiger partial charge in [-0.2, -0.15) is 0 Å². The molecule has 1 N–H and O–H groups in total. The Balaban J connectivity index is 1.34. The first-order valence-corrected chi connectivity index (χ1v) is 9.06. The zero-order chi connectivity index (χ0) is 16.6. The van der Waals surface area contributed by atoms with Crippen molar-refractivity contribution in [1.29, 1.82) is 0 Å². The van der Waals surface area contributed by atoms with Crippen LogP contribution in [0.15, 0.2) is 27.8 Å². The number of piperidine rings is 1. The summed E-state index contributed by atoms with van der Waals surface area (Å²) in [6, 6.07) is 3.92. The topological polar surface area (TPSA) is 59.2 Å². The van der Waals surface area contributed by atoms with Gasteiger partial charge in [-0.05, 0) is 37.8 Å². The molecular weight excluding hydrogens is 306 g/mol. The summed E-state index contributed by atoms with van der Waals surface area (Å²) < 4.78 is 17.0. The Bertz CT molecular complexity index is 490. The lowest BCUT2D eigenvalue weighted by atomic mass is 10.1. The van der Waals surface area contributed by atoms with Crippen LogP contribution in [-0.2, 0) is 15.9 Å². The molecule has 3 rings (SSSR count). The fraction of sp³-hybridized carbons (Fsp3) is 0.722. The predicted octanol–water partition coefficient (Wildman–Crippen LogP) is 2.06. The van der Waals surface area contributed by atoms with Crippen molar-refractivity contribution in [3.05, 3.63) is 24.2 Å². The third-order valence-electron chi connectivity index (χ3n) is 4.73. The third kappa shape index (κ3) is 4.98. The van der Waals surface area contributed by atoms with Crippen molar-refractivity contribution in [3.63, 3.8) is 0 Å². The van der Waals surface area contributed by atoms with Crippen LogP contribution in [0.25, 0.3) is 0 Å². The van der Waals surface area contributed by atoms with Crippen molar-refractivity contribution in [2.75, 3.05) is 39.9 Å². The molecule has 3 heterocycles. The number of guanidine groups is 1. The molecule has 6 heteroatoms. The molecule has 0 aromatic carbocycles. The minimum absolute atomic E-state index is 0.319. The molecule has 2 fully saturated rings. The van der Waals surface area contributed by atoms with Gasteiger partial charge in [0.25, 0.3) is 0 Å². The second-order valence-corrected chi connectivity index (χ2v) is 6.46. The summed E-state index contributed by atoms with van der Waals surface area (Å²) in [4.78, 5) is 6.72. The summed E-state index contributed by atoms with van der Waals surface area (Å²) in [7, 11) is 1.84. The molecule has 6 nitrogen and oxygen atoms in total. The van der Waals surface area contributed by atoms with Crippen LogP contribution in [0, 0.1) is 0 Å². The van der Waals surface area contributed by atoms with Gasteiger partial charge in [0.15, 0.2) is 5.96 Å². The Morgan fingerprint density at radius 1 is 1.38 bits per heavy atom. The van der Waals surface area contributed by atoms with Crippen molar-refractivity contribution in [2.24, 2.45) is 4.99 Å². The first kappa shape index (κ1) is 17.3. The second-order valence-electron chi connectivity index (χ2n) is 6.46. The molecule has 0 spiro atoms. The van der Waals surface area contributed by atoms with E-state index >= 15 is 0 Å². The van der Waals surface area contributed by atoms with Crippen LogP contribution in [0.1, 0.15) is 31.4 Å². The summed E-state index contributed by atoms with van der Waals surface area (Å²) in [5.74, 6) is 1.97. The molecule has 1 aromatic heterocycles. The number of nitrogens with zero attached hydrogens (tertiary/aromatic N) is 2. The lowest BCUT2D eigenvalue weighted by molar-refractivity contribution is -0.0367. The fourth-order valence-corrected chi connectivity index (χ4v) is 3.34. The molecule has 1 aromatic rings. The molecule has 0 saturated carbocycles. The van der Waals surface area contributed by atoms with Gasteiger partial charge in [0, 0.05) is 39.7 Å². The van der Waals surface area contributed by atoms with Crippen molar-refractivity contribution >= 4 is 5.96 Å². The summed E-state index contributed by atoms with van der Waals surface area (Å²) in [6.45, 7) is 4.44. The highest BCUT2D eigenvalue weighted by Crippen LogP contribution is 2.17. The van der Waals surface area contributed by atoms with E-state index in [9.17, 15) is 0 Å². The molecule has 134 valence electrons. The standard InChI is InChI=1S/C18H29N3O3/c1-19-18(20-9-6-15-4-2-12-22-15)21-10-7-16(8-11-21)24-14-17-5-3-13-23-17/h2,4,12,16-17H,3,5-11,13-14H2,1H3,(H,19,20). The first-order chi connectivity index (χ1) is 11.8. The van der Waals surface area contributed by atoms with Gasteiger partial charge in [-0.25, -0.2) is 0 Å².